The van der Waals surface area contributed by atoms with Crippen LogP contribution in [0.3, 0.4) is 0 Å². The van der Waals surface area contributed by atoms with Crippen LogP contribution in [0.15, 0.2) is 47.0 Å². The fourth-order valence-corrected chi connectivity index (χ4v) is 3.27. The van der Waals surface area contributed by atoms with Crippen LogP contribution in [0.4, 0.5) is 5.95 Å². The number of aromatic nitrogens is 3. The van der Waals surface area contributed by atoms with Gasteiger partial charge in [-0.25, -0.2) is 4.98 Å². The largest absolute Gasteiger partial charge is 0.488 e. The van der Waals surface area contributed by atoms with Gasteiger partial charge in [0.25, 0.3) is 5.91 Å². The number of benzene rings is 2. The SMILES string of the molecule is Cc1ccc(OCc2c(C(=O)Nc3nc4ccccc4n3C)noc2C)c(C)c1. The topological polar surface area (TPSA) is 82.2 Å². The first kappa shape index (κ1) is 18.7. The average molecular weight is 390 g/mol. The Morgan fingerprint density at radius 3 is 2.72 bits per heavy atom. The highest BCUT2D eigenvalue weighted by atomic mass is 16.5. The van der Waals surface area contributed by atoms with Crippen LogP contribution in [-0.2, 0) is 13.7 Å². The van der Waals surface area contributed by atoms with Crippen molar-refractivity contribution in [3.63, 3.8) is 0 Å². The van der Waals surface area contributed by atoms with Crippen LogP contribution in [0.25, 0.3) is 11.0 Å². The second-order valence-electron chi connectivity index (χ2n) is 7.06. The standard InChI is InChI=1S/C22H22N4O3/c1-13-9-10-19(14(2)11-13)28-12-16-15(3)29-25-20(16)21(27)24-22-23-17-7-5-6-8-18(17)26(22)4/h5-11H,12H2,1-4H3,(H,23,24,27). The number of ether oxygens (including phenoxy) is 1. The summed E-state index contributed by atoms with van der Waals surface area (Å²) in [6.45, 7) is 5.97. The van der Waals surface area contributed by atoms with Gasteiger partial charge in [0.05, 0.1) is 16.6 Å². The lowest BCUT2D eigenvalue weighted by molar-refractivity contribution is 0.101. The molecule has 0 saturated heterocycles. The number of nitrogens with zero attached hydrogens (tertiary/aromatic N) is 3. The number of rotatable bonds is 5. The first-order chi connectivity index (χ1) is 13.9. The molecule has 0 unspecified atom stereocenters. The Bertz CT molecular complexity index is 1210. The zero-order chi connectivity index (χ0) is 20.5. The number of carbonyl (C=O) groups is 1. The molecule has 0 saturated carbocycles. The van der Waals surface area contributed by atoms with Gasteiger partial charge in [0.2, 0.25) is 5.95 Å². The summed E-state index contributed by atoms with van der Waals surface area (Å²) in [4.78, 5) is 17.3. The lowest BCUT2D eigenvalue weighted by Crippen LogP contribution is -2.17. The molecule has 29 heavy (non-hydrogen) atoms. The third-order valence-electron chi connectivity index (χ3n) is 4.91. The molecule has 0 aliphatic carbocycles. The summed E-state index contributed by atoms with van der Waals surface area (Å²) < 4.78 is 13.0. The molecule has 7 nitrogen and oxygen atoms in total. The van der Waals surface area contributed by atoms with Gasteiger partial charge in [0, 0.05) is 7.05 Å². The third kappa shape index (κ3) is 3.59. The predicted octanol–water partition coefficient (Wildman–Crippen LogP) is 4.32. The number of fused-ring (bicyclic) bond motifs is 1. The Hall–Kier alpha value is -3.61. The molecule has 0 radical (unpaired) electrons. The number of hydrogen-bond acceptors (Lipinski definition) is 5. The normalized spacial score (nSPS) is 11.0. The molecule has 0 aliphatic rings. The summed E-state index contributed by atoms with van der Waals surface area (Å²) in [5.41, 5.74) is 4.74. The molecular formula is C22H22N4O3. The Kier molecular flexibility index (Phi) is 4.80. The van der Waals surface area contributed by atoms with E-state index in [0.29, 0.717) is 17.3 Å². The van der Waals surface area contributed by atoms with Crippen LogP contribution >= 0.6 is 0 Å². The molecule has 4 aromatic rings. The number of amides is 1. The number of carbonyl (C=O) groups excluding carboxylic acids is 1. The van der Waals surface area contributed by atoms with E-state index in [0.717, 1.165) is 22.3 Å². The van der Waals surface area contributed by atoms with E-state index in [9.17, 15) is 4.79 Å². The molecule has 2 heterocycles. The van der Waals surface area contributed by atoms with Crippen molar-refractivity contribution in [2.24, 2.45) is 7.05 Å². The molecule has 0 bridgehead atoms. The first-order valence-corrected chi connectivity index (χ1v) is 9.32. The van der Waals surface area contributed by atoms with Gasteiger partial charge in [-0.05, 0) is 44.5 Å². The van der Waals surface area contributed by atoms with Crippen molar-refractivity contribution in [1.29, 1.82) is 0 Å². The summed E-state index contributed by atoms with van der Waals surface area (Å²) >= 11 is 0. The monoisotopic (exact) mass is 390 g/mol. The van der Waals surface area contributed by atoms with Crippen LogP contribution < -0.4 is 10.1 Å². The van der Waals surface area contributed by atoms with Crippen molar-refractivity contribution in [2.75, 3.05) is 5.32 Å². The van der Waals surface area contributed by atoms with Crippen molar-refractivity contribution in [1.82, 2.24) is 14.7 Å². The summed E-state index contributed by atoms with van der Waals surface area (Å²) in [6, 6.07) is 13.6. The van der Waals surface area contributed by atoms with Crippen LogP contribution in [0.5, 0.6) is 5.75 Å². The van der Waals surface area contributed by atoms with Gasteiger partial charge in [-0.1, -0.05) is 35.0 Å². The minimum atomic E-state index is -0.389. The van der Waals surface area contributed by atoms with E-state index < -0.39 is 0 Å². The minimum Gasteiger partial charge on any atom is -0.488 e. The van der Waals surface area contributed by atoms with E-state index in [-0.39, 0.29) is 18.2 Å². The highest BCUT2D eigenvalue weighted by Gasteiger charge is 2.22. The molecular weight excluding hydrogens is 368 g/mol. The fourth-order valence-electron chi connectivity index (χ4n) is 3.27. The van der Waals surface area contributed by atoms with Crippen LogP contribution in [0.2, 0.25) is 0 Å². The molecule has 0 spiro atoms. The minimum absolute atomic E-state index is 0.185. The molecule has 148 valence electrons. The Morgan fingerprint density at radius 2 is 1.97 bits per heavy atom. The number of anilines is 1. The zero-order valence-corrected chi connectivity index (χ0v) is 16.8. The highest BCUT2D eigenvalue weighted by molar-refractivity contribution is 6.03. The van der Waals surface area contributed by atoms with Crippen molar-refractivity contribution < 1.29 is 14.1 Å². The van der Waals surface area contributed by atoms with E-state index in [1.54, 1.807) is 6.92 Å². The van der Waals surface area contributed by atoms with Gasteiger partial charge in [-0.3, -0.25) is 10.1 Å². The molecule has 2 aromatic carbocycles. The lowest BCUT2D eigenvalue weighted by Gasteiger charge is -2.10. The van der Waals surface area contributed by atoms with Gasteiger partial charge in [0.1, 0.15) is 18.1 Å². The van der Waals surface area contributed by atoms with Crippen LogP contribution in [-0.4, -0.2) is 20.6 Å². The molecule has 0 fully saturated rings. The van der Waals surface area contributed by atoms with Gasteiger partial charge >= 0.3 is 0 Å². The summed E-state index contributed by atoms with van der Waals surface area (Å²) in [5.74, 6) is 1.36. The van der Waals surface area contributed by atoms with Crippen LogP contribution in [0, 0.1) is 20.8 Å². The maximum atomic E-state index is 12.9. The Morgan fingerprint density at radius 1 is 1.17 bits per heavy atom. The van der Waals surface area contributed by atoms with Gasteiger partial charge in [-0.2, -0.15) is 0 Å². The third-order valence-corrected chi connectivity index (χ3v) is 4.91. The molecule has 0 aliphatic heterocycles. The maximum Gasteiger partial charge on any atom is 0.280 e. The van der Waals surface area contributed by atoms with Gasteiger partial charge < -0.3 is 13.8 Å². The van der Waals surface area contributed by atoms with Crippen molar-refractivity contribution in [3.8, 4) is 5.75 Å². The van der Waals surface area contributed by atoms with E-state index >= 15 is 0 Å². The molecule has 1 amide bonds. The summed E-state index contributed by atoms with van der Waals surface area (Å²) in [5, 5.41) is 6.76. The predicted molar refractivity (Wildman–Crippen MR) is 110 cm³/mol. The number of nitrogens with one attached hydrogen (secondary N) is 1. The molecule has 4 rings (SSSR count). The summed E-state index contributed by atoms with van der Waals surface area (Å²) in [6.07, 6.45) is 0. The molecule has 2 aromatic heterocycles. The highest BCUT2D eigenvalue weighted by Crippen LogP contribution is 2.23. The number of imidazole rings is 1. The second kappa shape index (κ2) is 7.43. The number of hydrogen-bond donors (Lipinski definition) is 1. The van der Waals surface area contributed by atoms with Crippen molar-refractivity contribution in [3.05, 3.63) is 70.6 Å². The Balaban J connectivity index is 1.55. The van der Waals surface area contributed by atoms with E-state index in [1.807, 2.05) is 61.9 Å². The van der Waals surface area contributed by atoms with Crippen molar-refractivity contribution in [2.45, 2.75) is 27.4 Å². The second-order valence-corrected chi connectivity index (χ2v) is 7.06. The smallest absolute Gasteiger partial charge is 0.280 e. The van der Waals surface area contributed by atoms with E-state index in [4.69, 9.17) is 9.26 Å². The average Bonchev–Trinajstić information content (AvgIpc) is 3.21. The maximum absolute atomic E-state index is 12.9. The molecule has 7 heteroatoms. The van der Waals surface area contributed by atoms with E-state index in [2.05, 4.69) is 21.5 Å². The zero-order valence-electron chi connectivity index (χ0n) is 16.8. The number of aryl methyl sites for hydroxylation is 4. The number of para-hydroxylation sites is 2. The van der Waals surface area contributed by atoms with Gasteiger partial charge in [0.15, 0.2) is 5.69 Å². The van der Waals surface area contributed by atoms with Crippen molar-refractivity contribution >= 4 is 22.9 Å². The first-order valence-electron chi connectivity index (χ1n) is 9.32. The molecule has 0 atom stereocenters. The van der Waals surface area contributed by atoms with Crippen LogP contribution in [0.1, 0.15) is 32.9 Å². The van der Waals surface area contributed by atoms with Gasteiger partial charge in [-0.15, -0.1) is 0 Å². The molecule has 1 N–H and O–H groups in total. The quantitative estimate of drug-likeness (QED) is 0.549. The fraction of sp³-hybridized carbons (Fsp3) is 0.227. The Labute approximate surface area is 168 Å². The lowest BCUT2D eigenvalue weighted by atomic mass is 10.1. The summed E-state index contributed by atoms with van der Waals surface area (Å²) in [7, 11) is 1.85. The van der Waals surface area contributed by atoms with E-state index in [1.165, 1.54) is 5.56 Å².